The third-order valence-corrected chi connectivity index (χ3v) is 4.51. The Balaban J connectivity index is 2.08. The van der Waals surface area contributed by atoms with Crippen LogP contribution >= 0.6 is 0 Å². The Morgan fingerprint density at radius 2 is 1.72 bits per heavy atom. The van der Waals surface area contributed by atoms with Crippen LogP contribution in [-0.2, 0) is 9.53 Å². The molecule has 0 aliphatic carbocycles. The smallest absolute Gasteiger partial charge is 0.328 e. The van der Waals surface area contributed by atoms with Crippen molar-refractivity contribution in [2.24, 2.45) is 0 Å². The Hall–Kier alpha value is -3.61. The molecule has 0 bridgehead atoms. The van der Waals surface area contributed by atoms with Crippen molar-refractivity contribution in [3.05, 3.63) is 70.6 Å². The van der Waals surface area contributed by atoms with Crippen LogP contribution in [0.15, 0.2) is 59.5 Å². The van der Waals surface area contributed by atoms with Gasteiger partial charge in [0.05, 0.1) is 19.3 Å². The lowest BCUT2D eigenvalue weighted by Crippen LogP contribution is -2.40. The lowest BCUT2D eigenvalue weighted by atomic mass is 10.1. The van der Waals surface area contributed by atoms with E-state index >= 15 is 0 Å². The van der Waals surface area contributed by atoms with E-state index in [0.29, 0.717) is 22.2 Å². The molecule has 29 heavy (non-hydrogen) atoms. The van der Waals surface area contributed by atoms with Crippen LogP contribution in [0.25, 0.3) is 16.5 Å². The molecule has 1 aromatic heterocycles. The van der Waals surface area contributed by atoms with Crippen LogP contribution in [-0.4, -0.2) is 36.2 Å². The first-order valence-corrected chi connectivity index (χ1v) is 9.22. The molecule has 0 unspecified atom stereocenters. The summed E-state index contributed by atoms with van der Waals surface area (Å²) >= 11 is 0. The molecule has 0 spiro atoms. The molecular formula is C22H22N2O5. The molecule has 3 rings (SSSR count). The molecule has 0 fully saturated rings. The van der Waals surface area contributed by atoms with Gasteiger partial charge < -0.3 is 14.8 Å². The van der Waals surface area contributed by atoms with Gasteiger partial charge in [-0.2, -0.15) is 0 Å². The van der Waals surface area contributed by atoms with Crippen molar-refractivity contribution < 1.29 is 19.1 Å². The van der Waals surface area contributed by atoms with Crippen LogP contribution < -0.4 is 15.6 Å². The molecule has 1 atom stereocenters. The van der Waals surface area contributed by atoms with Gasteiger partial charge in [-0.25, -0.2) is 4.79 Å². The average Bonchev–Trinajstić information content (AvgIpc) is 2.74. The summed E-state index contributed by atoms with van der Waals surface area (Å²) < 4.78 is 11.5. The fourth-order valence-corrected chi connectivity index (χ4v) is 3.01. The van der Waals surface area contributed by atoms with Crippen LogP contribution in [0.2, 0.25) is 0 Å². The second-order valence-electron chi connectivity index (χ2n) is 6.41. The van der Waals surface area contributed by atoms with Gasteiger partial charge in [0.1, 0.15) is 11.8 Å². The monoisotopic (exact) mass is 394 g/mol. The topological polar surface area (TPSA) is 86.6 Å². The number of esters is 1. The largest absolute Gasteiger partial charge is 0.497 e. The number of carbonyl (C=O) groups is 2. The van der Waals surface area contributed by atoms with Gasteiger partial charge in [-0.1, -0.05) is 18.2 Å². The van der Waals surface area contributed by atoms with E-state index in [4.69, 9.17) is 9.47 Å². The van der Waals surface area contributed by atoms with Crippen molar-refractivity contribution in [2.45, 2.75) is 19.9 Å². The van der Waals surface area contributed by atoms with Gasteiger partial charge in [-0.05, 0) is 44.2 Å². The van der Waals surface area contributed by atoms with E-state index in [2.05, 4.69) is 5.32 Å². The second-order valence-corrected chi connectivity index (χ2v) is 6.41. The molecule has 0 saturated heterocycles. The highest BCUT2D eigenvalue weighted by Gasteiger charge is 2.21. The number of benzene rings is 2. The first-order valence-electron chi connectivity index (χ1n) is 9.22. The van der Waals surface area contributed by atoms with Crippen LogP contribution in [0, 0.1) is 0 Å². The Bertz CT molecular complexity index is 1100. The normalized spacial score (nSPS) is 11.7. The van der Waals surface area contributed by atoms with Gasteiger partial charge in [0.25, 0.3) is 11.5 Å². The quantitative estimate of drug-likeness (QED) is 0.650. The van der Waals surface area contributed by atoms with Crippen molar-refractivity contribution >= 4 is 22.6 Å². The highest BCUT2D eigenvalue weighted by Crippen LogP contribution is 2.19. The van der Waals surface area contributed by atoms with E-state index in [9.17, 15) is 14.4 Å². The zero-order chi connectivity index (χ0) is 21.0. The molecule has 0 aliphatic rings. The Morgan fingerprint density at radius 3 is 2.34 bits per heavy atom. The molecule has 0 radical (unpaired) electrons. The highest BCUT2D eigenvalue weighted by molar-refractivity contribution is 6.07. The molecule has 7 heteroatoms. The first kappa shape index (κ1) is 20.1. The number of carbonyl (C=O) groups excluding carboxylic acids is 2. The predicted molar refractivity (Wildman–Crippen MR) is 110 cm³/mol. The number of nitrogens with zero attached hydrogens (tertiary/aromatic N) is 1. The van der Waals surface area contributed by atoms with Crippen molar-refractivity contribution in [1.29, 1.82) is 0 Å². The second kappa shape index (κ2) is 8.60. The van der Waals surface area contributed by atoms with Crippen molar-refractivity contribution in [3.63, 3.8) is 0 Å². The molecule has 7 nitrogen and oxygen atoms in total. The molecule has 150 valence electrons. The number of rotatable bonds is 6. The van der Waals surface area contributed by atoms with Gasteiger partial charge in [-0.3, -0.25) is 14.2 Å². The van der Waals surface area contributed by atoms with Crippen LogP contribution in [0.1, 0.15) is 24.2 Å². The fourth-order valence-electron chi connectivity index (χ4n) is 3.01. The van der Waals surface area contributed by atoms with E-state index in [-0.39, 0.29) is 17.7 Å². The van der Waals surface area contributed by atoms with E-state index < -0.39 is 17.9 Å². The summed E-state index contributed by atoms with van der Waals surface area (Å²) in [6.45, 7) is 3.48. The van der Waals surface area contributed by atoms with Gasteiger partial charge in [0, 0.05) is 22.7 Å². The summed E-state index contributed by atoms with van der Waals surface area (Å²) in [6.07, 6.45) is 1.49. The van der Waals surface area contributed by atoms with E-state index in [1.54, 1.807) is 69.5 Å². The molecule has 3 aromatic rings. The fraction of sp³-hybridized carbons (Fsp3) is 0.227. The van der Waals surface area contributed by atoms with Gasteiger partial charge >= 0.3 is 5.97 Å². The van der Waals surface area contributed by atoms with E-state index in [0.717, 1.165) is 0 Å². The lowest BCUT2D eigenvalue weighted by Gasteiger charge is -2.15. The van der Waals surface area contributed by atoms with E-state index in [1.165, 1.54) is 10.8 Å². The van der Waals surface area contributed by atoms with Crippen LogP contribution in [0.3, 0.4) is 0 Å². The van der Waals surface area contributed by atoms with Crippen molar-refractivity contribution in [1.82, 2.24) is 9.88 Å². The number of hydrogen-bond donors (Lipinski definition) is 1. The standard InChI is InChI=1S/C22H22N2O5/c1-4-29-22(27)14(2)23-20(25)19-13-24(15-9-11-16(28-3)12-10-15)21(26)18-8-6-5-7-17(18)19/h5-14H,4H2,1-3H3,(H,23,25)/t14-/m1/s1. The number of nitrogens with one attached hydrogen (secondary N) is 1. The number of ether oxygens (including phenoxy) is 2. The van der Waals surface area contributed by atoms with Crippen molar-refractivity contribution in [3.8, 4) is 11.4 Å². The lowest BCUT2D eigenvalue weighted by molar-refractivity contribution is -0.144. The predicted octanol–water partition coefficient (Wildman–Crippen LogP) is 2.68. The summed E-state index contributed by atoms with van der Waals surface area (Å²) in [5.74, 6) is -0.332. The summed E-state index contributed by atoms with van der Waals surface area (Å²) in [7, 11) is 1.56. The number of amides is 1. The third kappa shape index (κ3) is 4.13. The Labute approximate surface area is 167 Å². The summed E-state index contributed by atoms with van der Waals surface area (Å²) in [4.78, 5) is 37.8. The summed E-state index contributed by atoms with van der Waals surface area (Å²) in [5.41, 5.74) is 0.627. The number of pyridine rings is 1. The number of fused-ring (bicyclic) bond motifs is 1. The maximum Gasteiger partial charge on any atom is 0.328 e. The zero-order valence-corrected chi connectivity index (χ0v) is 16.5. The maximum absolute atomic E-state index is 13.0. The average molecular weight is 394 g/mol. The molecule has 0 saturated carbocycles. The summed E-state index contributed by atoms with van der Waals surface area (Å²) in [6, 6.07) is 13.0. The Morgan fingerprint density at radius 1 is 1.07 bits per heavy atom. The minimum atomic E-state index is -0.817. The molecule has 1 N–H and O–H groups in total. The SMILES string of the molecule is CCOC(=O)[C@@H](C)NC(=O)c1cn(-c2ccc(OC)cc2)c(=O)c2ccccc12. The van der Waals surface area contributed by atoms with Crippen LogP contribution in [0.4, 0.5) is 0 Å². The molecule has 0 aliphatic heterocycles. The van der Waals surface area contributed by atoms with Gasteiger partial charge in [-0.15, -0.1) is 0 Å². The highest BCUT2D eigenvalue weighted by atomic mass is 16.5. The molecule has 1 amide bonds. The van der Waals surface area contributed by atoms with E-state index in [1.807, 2.05) is 0 Å². The first-order chi connectivity index (χ1) is 14.0. The van der Waals surface area contributed by atoms with Gasteiger partial charge in [0.2, 0.25) is 0 Å². The molecule has 1 heterocycles. The van der Waals surface area contributed by atoms with Crippen LogP contribution in [0.5, 0.6) is 5.75 Å². The molecule has 2 aromatic carbocycles. The zero-order valence-electron chi connectivity index (χ0n) is 16.5. The van der Waals surface area contributed by atoms with Crippen molar-refractivity contribution in [2.75, 3.05) is 13.7 Å². The molecular weight excluding hydrogens is 372 g/mol. The minimum Gasteiger partial charge on any atom is -0.497 e. The number of methoxy groups -OCH3 is 1. The van der Waals surface area contributed by atoms with Gasteiger partial charge in [0.15, 0.2) is 0 Å². The third-order valence-electron chi connectivity index (χ3n) is 4.51. The Kier molecular flexibility index (Phi) is 5.97. The minimum absolute atomic E-state index is 0.227. The maximum atomic E-state index is 13.0. The number of hydrogen-bond acceptors (Lipinski definition) is 5. The summed E-state index contributed by atoms with van der Waals surface area (Å²) in [5, 5.41) is 3.55. The number of aromatic nitrogens is 1.